The van der Waals surface area contributed by atoms with Gasteiger partial charge in [0.1, 0.15) is 11.6 Å². The highest BCUT2D eigenvalue weighted by Gasteiger charge is 2.16. The van der Waals surface area contributed by atoms with Gasteiger partial charge in [-0.1, -0.05) is 6.92 Å². The fraction of sp³-hybridized carbons (Fsp3) is 0.429. The zero-order chi connectivity index (χ0) is 15.8. The second-order valence-corrected chi connectivity index (χ2v) is 4.59. The van der Waals surface area contributed by atoms with Crippen LogP contribution in [0.2, 0.25) is 0 Å². The van der Waals surface area contributed by atoms with Crippen molar-refractivity contribution in [2.45, 2.75) is 32.9 Å². The summed E-state index contributed by atoms with van der Waals surface area (Å²) in [6.45, 7) is 4.80. The minimum atomic E-state index is -0.962. The molecule has 0 aliphatic heterocycles. The molecule has 0 heterocycles. The van der Waals surface area contributed by atoms with E-state index in [4.69, 9.17) is 10.5 Å². The first-order valence-electron chi connectivity index (χ1n) is 6.69. The standard InChI is InChI=1S/C14H20FN3O3/c1-3-4-17-8-10-5-11(15)7-12(6-10)21-9(2)13(19)18-14(16)20/h5-7,9,17H,3-4,8H2,1-2H3,(H3,16,18,19,20). The molecule has 1 aromatic carbocycles. The number of primary amides is 1. The van der Waals surface area contributed by atoms with Gasteiger partial charge in [0.15, 0.2) is 6.10 Å². The molecular weight excluding hydrogens is 277 g/mol. The Morgan fingerprint density at radius 1 is 1.38 bits per heavy atom. The Hall–Kier alpha value is -2.15. The summed E-state index contributed by atoms with van der Waals surface area (Å²) in [5.41, 5.74) is 5.56. The average molecular weight is 297 g/mol. The number of urea groups is 1. The number of amides is 3. The molecule has 0 radical (unpaired) electrons. The molecule has 1 unspecified atom stereocenters. The molecule has 7 heteroatoms. The Labute approximate surface area is 122 Å². The number of benzene rings is 1. The van der Waals surface area contributed by atoms with Crippen LogP contribution >= 0.6 is 0 Å². The molecule has 0 aromatic heterocycles. The van der Waals surface area contributed by atoms with E-state index < -0.39 is 23.9 Å². The summed E-state index contributed by atoms with van der Waals surface area (Å²) in [5.74, 6) is -0.920. The number of hydrogen-bond donors (Lipinski definition) is 3. The van der Waals surface area contributed by atoms with Gasteiger partial charge in [-0.3, -0.25) is 10.1 Å². The summed E-state index contributed by atoms with van der Waals surface area (Å²) in [5, 5.41) is 5.05. The molecule has 1 atom stereocenters. The largest absolute Gasteiger partial charge is 0.481 e. The number of nitrogens with two attached hydrogens (primary N) is 1. The van der Waals surface area contributed by atoms with E-state index in [9.17, 15) is 14.0 Å². The van der Waals surface area contributed by atoms with E-state index in [1.54, 1.807) is 6.07 Å². The first-order chi connectivity index (χ1) is 9.92. The third kappa shape index (κ3) is 6.22. The Morgan fingerprint density at radius 3 is 2.71 bits per heavy atom. The van der Waals surface area contributed by atoms with Crippen LogP contribution in [0.15, 0.2) is 18.2 Å². The van der Waals surface area contributed by atoms with Crippen LogP contribution in [0.1, 0.15) is 25.8 Å². The van der Waals surface area contributed by atoms with Gasteiger partial charge in [0.25, 0.3) is 5.91 Å². The number of carbonyl (C=O) groups is 2. The summed E-state index contributed by atoms with van der Waals surface area (Å²) in [6, 6.07) is 3.25. The van der Waals surface area contributed by atoms with E-state index in [2.05, 4.69) is 5.32 Å². The summed E-state index contributed by atoms with van der Waals surface area (Å²) < 4.78 is 18.8. The SMILES string of the molecule is CCCNCc1cc(F)cc(OC(C)C(=O)NC(N)=O)c1. The van der Waals surface area contributed by atoms with Crippen molar-refractivity contribution in [1.82, 2.24) is 10.6 Å². The van der Waals surface area contributed by atoms with Crippen LogP contribution in [-0.2, 0) is 11.3 Å². The lowest BCUT2D eigenvalue weighted by atomic mass is 10.2. The zero-order valence-electron chi connectivity index (χ0n) is 12.1. The molecule has 1 aromatic rings. The highest BCUT2D eigenvalue weighted by Crippen LogP contribution is 2.18. The molecule has 0 spiro atoms. The van der Waals surface area contributed by atoms with Crippen molar-refractivity contribution in [3.8, 4) is 5.75 Å². The summed E-state index contributed by atoms with van der Waals surface area (Å²) in [6.07, 6.45) is 0.0129. The molecule has 0 bridgehead atoms. The van der Waals surface area contributed by atoms with Crippen molar-refractivity contribution in [2.75, 3.05) is 6.54 Å². The highest BCUT2D eigenvalue weighted by molar-refractivity contribution is 5.95. The van der Waals surface area contributed by atoms with Crippen molar-refractivity contribution in [3.05, 3.63) is 29.6 Å². The minimum Gasteiger partial charge on any atom is -0.481 e. The van der Waals surface area contributed by atoms with E-state index >= 15 is 0 Å². The van der Waals surface area contributed by atoms with Gasteiger partial charge in [0.2, 0.25) is 0 Å². The molecule has 0 aliphatic rings. The second kappa shape index (κ2) is 8.21. The molecule has 0 saturated carbocycles. The van der Waals surface area contributed by atoms with Crippen molar-refractivity contribution in [1.29, 1.82) is 0 Å². The Balaban J connectivity index is 2.69. The summed E-state index contributed by atoms with van der Waals surface area (Å²) in [4.78, 5) is 22.1. The van der Waals surface area contributed by atoms with Gasteiger partial charge in [-0.05, 0) is 37.6 Å². The molecule has 21 heavy (non-hydrogen) atoms. The number of imide groups is 1. The molecule has 0 saturated heterocycles. The summed E-state index contributed by atoms with van der Waals surface area (Å²) >= 11 is 0. The third-order valence-corrected chi connectivity index (χ3v) is 2.62. The Bertz CT molecular complexity index is 508. The van der Waals surface area contributed by atoms with Crippen LogP contribution in [0, 0.1) is 5.82 Å². The lowest BCUT2D eigenvalue weighted by molar-refractivity contribution is -0.126. The number of halogens is 1. The molecule has 6 nitrogen and oxygen atoms in total. The highest BCUT2D eigenvalue weighted by atomic mass is 19.1. The average Bonchev–Trinajstić information content (AvgIpc) is 2.37. The van der Waals surface area contributed by atoms with Crippen LogP contribution < -0.4 is 21.1 Å². The van der Waals surface area contributed by atoms with E-state index in [1.165, 1.54) is 19.1 Å². The van der Waals surface area contributed by atoms with E-state index in [0.29, 0.717) is 12.1 Å². The van der Waals surface area contributed by atoms with Crippen molar-refractivity contribution in [2.24, 2.45) is 5.73 Å². The first kappa shape index (κ1) is 16.9. The number of carbonyl (C=O) groups excluding carboxylic acids is 2. The minimum absolute atomic E-state index is 0.218. The second-order valence-electron chi connectivity index (χ2n) is 4.59. The molecule has 0 aliphatic carbocycles. The Kier molecular flexibility index (Phi) is 6.61. The van der Waals surface area contributed by atoms with Gasteiger partial charge in [-0.2, -0.15) is 0 Å². The van der Waals surface area contributed by atoms with Crippen LogP contribution in [0.5, 0.6) is 5.75 Å². The molecular formula is C14H20FN3O3. The fourth-order valence-electron chi connectivity index (χ4n) is 1.68. The summed E-state index contributed by atoms with van der Waals surface area (Å²) in [7, 11) is 0. The van der Waals surface area contributed by atoms with Crippen LogP contribution in [0.3, 0.4) is 0 Å². The molecule has 0 fully saturated rings. The van der Waals surface area contributed by atoms with Crippen LogP contribution in [0.4, 0.5) is 9.18 Å². The van der Waals surface area contributed by atoms with Gasteiger partial charge in [-0.25, -0.2) is 9.18 Å². The lowest BCUT2D eigenvalue weighted by Gasteiger charge is -2.14. The maximum Gasteiger partial charge on any atom is 0.318 e. The van der Waals surface area contributed by atoms with E-state index in [-0.39, 0.29) is 5.75 Å². The first-order valence-corrected chi connectivity index (χ1v) is 6.69. The third-order valence-electron chi connectivity index (χ3n) is 2.62. The monoisotopic (exact) mass is 297 g/mol. The van der Waals surface area contributed by atoms with Gasteiger partial charge < -0.3 is 15.8 Å². The number of ether oxygens (including phenoxy) is 1. The van der Waals surface area contributed by atoms with Gasteiger partial charge >= 0.3 is 6.03 Å². The molecule has 3 amide bonds. The predicted molar refractivity (Wildman–Crippen MR) is 76.2 cm³/mol. The maximum atomic E-state index is 13.5. The molecule has 116 valence electrons. The van der Waals surface area contributed by atoms with Crippen molar-refractivity contribution >= 4 is 11.9 Å². The smallest absolute Gasteiger partial charge is 0.318 e. The topological polar surface area (TPSA) is 93.4 Å². The normalized spacial score (nSPS) is 11.8. The molecule has 1 rings (SSSR count). The Morgan fingerprint density at radius 2 is 2.10 bits per heavy atom. The fourth-order valence-corrected chi connectivity index (χ4v) is 1.68. The van der Waals surface area contributed by atoms with Gasteiger partial charge in [-0.15, -0.1) is 0 Å². The van der Waals surface area contributed by atoms with Gasteiger partial charge in [0, 0.05) is 12.6 Å². The quantitative estimate of drug-likeness (QED) is 0.661. The van der Waals surface area contributed by atoms with Gasteiger partial charge in [0.05, 0.1) is 0 Å². The maximum absolute atomic E-state index is 13.5. The van der Waals surface area contributed by atoms with E-state index in [0.717, 1.165) is 13.0 Å². The predicted octanol–water partition coefficient (Wildman–Crippen LogP) is 1.29. The van der Waals surface area contributed by atoms with Crippen LogP contribution in [-0.4, -0.2) is 24.6 Å². The zero-order valence-corrected chi connectivity index (χ0v) is 12.1. The number of hydrogen-bond acceptors (Lipinski definition) is 4. The number of nitrogens with one attached hydrogen (secondary N) is 2. The van der Waals surface area contributed by atoms with E-state index in [1.807, 2.05) is 12.2 Å². The van der Waals surface area contributed by atoms with Crippen molar-refractivity contribution < 1.29 is 18.7 Å². The van der Waals surface area contributed by atoms with Crippen molar-refractivity contribution in [3.63, 3.8) is 0 Å². The number of rotatable bonds is 7. The van der Waals surface area contributed by atoms with Crippen LogP contribution in [0.25, 0.3) is 0 Å². The lowest BCUT2D eigenvalue weighted by Crippen LogP contribution is -2.42. The molecule has 4 N–H and O–H groups in total.